The quantitative estimate of drug-likeness (QED) is 0.651. The van der Waals surface area contributed by atoms with Crippen molar-refractivity contribution in [2.75, 3.05) is 11.9 Å². The number of primary amides is 1. The topological polar surface area (TPSA) is 70.7 Å². The summed E-state index contributed by atoms with van der Waals surface area (Å²) in [5, 5.41) is 4.33. The van der Waals surface area contributed by atoms with Gasteiger partial charge in [0.1, 0.15) is 0 Å². The van der Waals surface area contributed by atoms with Crippen LogP contribution in [0.15, 0.2) is 23.3 Å². The van der Waals surface area contributed by atoms with Crippen molar-refractivity contribution in [3.8, 4) is 0 Å². The van der Waals surface area contributed by atoms with Crippen molar-refractivity contribution in [2.45, 2.75) is 26.3 Å². The SMILES string of the molecule is CC1=CC(C)(C)N(C)c2cc(Cl)c(/C=N/NC(N)=O)cc21. The predicted molar refractivity (Wildman–Crippen MR) is 87.9 cm³/mol. The fourth-order valence-corrected chi connectivity index (χ4v) is 2.66. The lowest BCUT2D eigenvalue weighted by Gasteiger charge is -2.40. The van der Waals surface area contributed by atoms with Gasteiger partial charge in [0.25, 0.3) is 0 Å². The molecule has 1 aliphatic rings. The Morgan fingerprint density at radius 3 is 2.76 bits per heavy atom. The minimum Gasteiger partial charge on any atom is -0.365 e. The molecule has 0 saturated carbocycles. The summed E-state index contributed by atoms with van der Waals surface area (Å²) in [6.07, 6.45) is 3.70. The first kappa shape index (κ1) is 15.4. The van der Waals surface area contributed by atoms with Crippen LogP contribution in [0, 0.1) is 0 Å². The van der Waals surface area contributed by atoms with Crippen molar-refractivity contribution in [1.29, 1.82) is 0 Å². The lowest BCUT2D eigenvalue weighted by atomic mass is 9.88. The Bertz CT molecular complexity index is 649. The molecule has 0 spiro atoms. The summed E-state index contributed by atoms with van der Waals surface area (Å²) in [6, 6.07) is 3.17. The number of carbonyl (C=O) groups is 1. The summed E-state index contributed by atoms with van der Waals surface area (Å²) in [4.78, 5) is 12.8. The number of likely N-dealkylation sites (N-methyl/N-ethyl adjacent to an activating group) is 1. The van der Waals surface area contributed by atoms with Gasteiger partial charge in [0, 0.05) is 23.9 Å². The second-order valence-electron chi connectivity index (χ2n) is 5.67. The van der Waals surface area contributed by atoms with Crippen molar-refractivity contribution >= 4 is 35.1 Å². The first-order valence-corrected chi connectivity index (χ1v) is 6.96. The van der Waals surface area contributed by atoms with E-state index in [1.807, 2.05) is 19.2 Å². The maximum Gasteiger partial charge on any atom is 0.332 e. The predicted octanol–water partition coefficient (Wildman–Crippen LogP) is 2.97. The molecule has 0 aliphatic carbocycles. The summed E-state index contributed by atoms with van der Waals surface area (Å²) >= 11 is 6.30. The number of hydrogen-bond donors (Lipinski definition) is 2. The highest BCUT2D eigenvalue weighted by atomic mass is 35.5. The van der Waals surface area contributed by atoms with Crippen molar-refractivity contribution in [1.82, 2.24) is 5.43 Å². The molecule has 2 rings (SSSR count). The molecular weight excluding hydrogens is 288 g/mol. The van der Waals surface area contributed by atoms with Gasteiger partial charge < -0.3 is 10.6 Å². The number of nitrogens with one attached hydrogen (secondary N) is 1. The van der Waals surface area contributed by atoms with Crippen LogP contribution < -0.4 is 16.1 Å². The van der Waals surface area contributed by atoms with Crippen LogP contribution in [0.2, 0.25) is 5.02 Å². The number of amides is 2. The average Bonchev–Trinajstić information content (AvgIpc) is 2.36. The van der Waals surface area contributed by atoms with E-state index in [2.05, 4.69) is 42.3 Å². The molecule has 0 radical (unpaired) electrons. The number of hydrazone groups is 1. The number of urea groups is 1. The Morgan fingerprint density at radius 2 is 2.14 bits per heavy atom. The van der Waals surface area contributed by atoms with Gasteiger partial charge in [-0.15, -0.1) is 0 Å². The molecule has 1 aliphatic heterocycles. The largest absolute Gasteiger partial charge is 0.365 e. The van der Waals surface area contributed by atoms with Gasteiger partial charge in [-0.1, -0.05) is 17.7 Å². The number of nitrogens with two attached hydrogens (primary N) is 1. The minimum absolute atomic E-state index is 0.0659. The second-order valence-corrected chi connectivity index (χ2v) is 6.07. The van der Waals surface area contributed by atoms with Crippen LogP contribution in [0.5, 0.6) is 0 Å². The summed E-state index contributed by atoms with van der Waals surface area (Å²) in [6.45, 7) is 6.38. The van der Waals surface area contributed by atoms with Gasteiger partial charge in [0.2, 0.25) is 0 Å². The van der Waals surface area contributed by atoms with Crippen molar-refractivity contribution in [3.63, 3.8) is 0 Å². The Balaban J connectivity index is 2.46. The number of anilines is 1. The molecule has 5 nitrogen and oxygen atoms in total. The normalized spacial score (nSPS) is 16.6. The van der Waals surface area contributed by atoms with Crippen molar-refractivity contribution in [2.24, 2.45) is 10.8 Å². The van der Waals surface area contributed by atoms with E-state index in [9.17, 15) is 4.79 Å². The molecule has 112 valence electrons. The van der Waals surface area contributed by atoms with Crippen molar-refractivity contribution in [3.05, 3.63) is 34.4 Å². The van der Waals surface area contributed by atoms with E-state index in [1.54, 1.807) is 0 Å². The number of allylic oxidation sites excluding steroid dienone is 1. The second kappa shape index (κ2) is 5.41. The Kier molecular flexibility index (Phi) is 3.96. The van der Waals surface area contributed by atoms with E-state index >= 15 is 0 Å². The average molecular weight is 307 g/mol. The summed E-state index contributed by atoms with van der Waals surface area (Å²) < 4.78 is 0. The lowest BCUT2D eigenvalue weighted by molar-refractivity contribution is 0.249. The highest BCUT2D eigenvalue weighted by Gasteiger charge is 2.28. The Hall–Kier alpha value is -2.01. The molecule has 0 saturated heterocycles. The molecule has 6 heteroatoms. The maximum absolute atomic E-state index is 10.6. The van der Waals surface area contributed by atoms with Crippen molar-refractivity contribution < 1.29 is 4.79 Å². The Morgan fingerprint density at radius 1 is 1.48 bits per heavy atom. The van der Waals surface area contributed by atoms with Gasteiger partial charge in [-0.25, -0.2) is 10.2 Å². The van der Waals surface area contributed by atoms with E-state index in [-0.39, 0.29) is 5.54 Å². The van der Waals surface area contributed by atoms with E-state index in [0.717, 1.165) is 16.8 Å². The van der Waals surface area contributed by atoms with Crippen LogP contribution >= 0.6 is 11.6 Å². The van der Waals surface area contributed by atoms with E-state index < -0.39 is 6.03 Å². The zero-order chi connectivity index (χ0) is 15.8. The first-order chi connectivity index (χ1) is 9.72. The van der Waals surface area contributed by atoms with Crippen LogP contribution in [0.1, 0.15) is 31.9 Å². The third-order valence-electron chi connectivity index (χ3n) is 3.71. The number of benzene rings is 1. The van der Waals surface area contributed by atoms with E-state index in [1.165, 1.54) is 11.8 Å². The van der Waals surface area contributed by atoms with Crippen LogP contribution in [-0.4, -0.2) is 24.8 Å². The van der Waals surface area contributed by atoms with Crippen LogP contribution in [0.4, 0.5) is 10.5 Å². The molecular formula is C15H19ClN4O. The standard InChI is InChI=1S/C15H19ClN4O/c1-9-7-15(2,3)20(4)13-6-12(16)10(5-11(9)13)8-18-19-14(17)21/h5-8H,1-4H3,(H3,17,19,21)/b18-8+. The lowest BCUT2D eigenvalue weighted by Crippen LogP contribution is -2.42. The molecule has 0 aromatic heterocycles. The van der Waals surface area contributed by atoms with Gasteiger partial charge in [-0.3, -0.25) is 0 Å². The molecule has 0 bridgehead atoms. The van der Waals surface area contributed by atoms with Crippen LogP contribution in [0.3, 0.4) is 0 Å². The fraction of sp³-hybridized carbons (Fsp3) is 0.333. The minimum atomic E-state index is -0.710. The Labute approximate surface area is 129 Å². The van der Waals surface area contributed by atoms with Crippen LogP contribution in [-0.2, 0) is 0 Å². The molecule has 21 heavy (non-hydrogen) atoms. The maximum atomic E-state index is 10.6. The number of fused-ring (bicyclic) bond motifs is 1. The summed E-state index contributed by atoms with van der Waals surface area (Å²) in [5.41, 5.74) is 11.1. The first-order valence-electron chi connectivity index (χ1n) is 6.58. The summed E-state index contributed by atoms with van der Waals surface area (Å²) in [5.74, 6) is 0. The number of nitrogens with zero attached hydrogens (tertiary/aromatic N) is 2. The van der Waals surface area contributed by atoms with Gasteiger partial charge in [-0.05, 0) is 38.5 Å². The third-order valence-corrected chi connectivity index (χ3v) is 4.04. The molecule has 1 aromatic carbocycles. The molecule has 1 heterocycles. The monoisotopic (exact) mass is 306 g/mol. The van der Waals surface area contributed by atoms with Gasteiger partial charge in [0.05, 0.1) is 16.8 Å². The molecule has 1 aromatic rings. The number of rotatable bonds is 2. The van der Waals surface area contributed by atoms with Gasteiger partial charge in [0.15, 0.2) is 0 Å². The molecule has 0 fully saturated rings. The molecule has 2 amide bonds. The summed E-state index contributed by atoms with van der Waals surface area (Å²) in [7, 11) is 2.04. The fourth-order valence-electron chi connectivity index (χ4n) is 2.45. The number of hydrogen-bond acceptors (Lipinski definition) is 3. The van der Waals surface area contributed by atoms with Crippen LogP contribution in [0.25, 0.3) is 5.57 Å². The zero-order valence-corrected chi connectivity index (χ0v) is 13.3. The highest BCUT2D eigenvalue weighted by Crippen LogP contribution is 2.40. The van der Waals surface area contributed by atoms with E-state index in [4.69, 9.17) is 17.3 Å². The third kappa shape index (κ3) is 3.03. The van der Waals surface area contributed by atoms with Gasteiger partial charge >= 0.3 is 6.03 Å². The highest BCUT2D eigenvalue weighted by molar-refractivity contribution is 6.33. The van der Waals surface area contributed by atoms with Gasteiger partial charge in [-0.2, -0.15) is 5.10 Å². The number of halogens is 1. The van der Waals surface area contributed by atoms with E-state index in [0.29, 0.717) is 5.02 Å². The molecule has 0 unspecified atom stereocenters. The number of carbonyl (C=O) groups excluding carboxylic acids is 1. The molecule has 0 atom stereocenters. The zero-order valence-electron chi connectivity index (χ0n) is 12.6. The smallest absolute Gasteiger partial charge is 0.332 e. The molecule has 3 N–H and O–H groups in total.